The summed E-state index contributed by atoms with van der Waals surface area (Å²) in [5.74, 6) is 1.11. The summed E-state index contributed by atoms with van der Waals surface area (Å²) < 4.78 is 49.6. The number of rotatable bonds is 4. The highest BCUT2D eigenvalue weighted by atomic mass is 32.1. The minimum Gasteiger partial charge on any atom is -0.497 e. The molecule has 3 rings (SSSR count). The van der Waals surface area contributed by atoms with E-state index in [4.69, 9.17) is 9.47 Å². The fraction of sp³-hybridized carbons (Fsp3) is 0.158. The molecule has 0 atom stereocenters. The average Bonchev–Trinajstić information content (AvgIpc) is 3.08. The highest BCUT2D eigenvalue weighted by Gasteiger charge is 2.30. The zero-order valence-electron chi connectivity index (χ0n) is 14.3. The fourth-order valence-electron chi connectivity index (χ4n) is 2.44. The Balaban J connectivity index is 2.05. The molecule has 0 N–H and O–H groups in total. The van der Waals surface area contributed by atoms with Crippen molar-refractivity contribution in [2.45, 2.75) is 6.18 Å². The molecule has 0 unspecified atom stereocenters. The minimum absolute atomic E-state index is 0.203. The maximum atomic E-state index is 12.9. The molecule has 3 aromatic rings. The third kappa shape index (κ3) is 4.04. The van der Waals surface area contributed by atoms with Crippen LogP contribution in [0, 0.1) is 11.3 Å². The van der Waals surface area contributed by atoms with E-state index in [0.29, 0.717) is 26.8 Å². The number of halogens is 3. The second-order valence-corrected chi connectivity index (χ2v) is 6.55. The predicted molar refractivity (Wildman–Crippen MR) is 97.7 cm³/mol. The van der Waals surface area contributed by atoms with Crippen molar-refractivity contribution in [2.24, 2.45) is 0 Å². The molecular formula is C19H13F3N2O2S. The zero-order chi connectivity index (χ0) is 19.6. The van der Waals surface area contributed by atoms with Crippen molar-refractivity contribution in [2.75, 3.05) is 14.2 Å². The SMILES string of the molecule is COc1cc(C=C(C#N)c2nc3cc(C(F)(F)F)ccc3s2)cc(OC)c1. The van der Waals surface area contributed by atoms with E-state index in [1.54, 1.807) is 24.3 Å². The normalized spacial score (nSPS) is 12.1. The highest BCUT2D eigenvalue weighted by molar-refractivity contribution is 7.19. The molecule has 0 fully saturated rings. The third-order valence-corrected chi connectivity index (χ3v) is 4.82. The van der Waals surface area contributed by atoms with Crippen LogP contribution in [0.2, 0.25) is 0 Å². The summed E-state index contributed by atoms with van der Waals surface area (Å²) in [6.07, 6.45) is -2.85. The number of thiazole rings is 1. The lowest BCUT2D eigenvalue weighted by molar-refractivity contribution is -0.137. The van der Waals surface area contributed by atoms with E-state index in [1.165, 1.54) is 20.3 Å². The van der Waals surface area contributed by atoms with Crippen molar-refractivity contribution in [1.29, 1.82) is 5.26 Å². The van der Waals surface area contributed by atoms with Crippen LogP contribution >= 0.6 is 11.3 Å². The summed E-state index contributed by atoms with van der Waals surface area (Å²) in [5.41, 5.74) is 0.319. The molecule has 138 valence electrons. The topological polar surface area (TPSA) is 55.1 Å². The second kappa shape index (κ2) is 7.29. The van der Waals surface area contributed by atoms with Crippen molar-refractivity contribution >= 4 is 33.2 Å². The number of alkyl halides is 3. The largest absolute Gasteiger partial charge is 0.497 e. The van der Waals surface area contributed by atoms with Crippen LogP contribution in [0.3, 0.4) is 0 Å². The summed E-state index contributed by atoms with van der Waals surface area (Å²) in [6, 6.07) is 10.5. The van der Waals surface area contributed by atoms with Crippen LogP contribution in [0.4, 0.5) is 13.2 Å². The first kappa shape index (κ1) is 18.7. The lowest BCUT2D eigenvalue weighted by atomic mass is 10.1. The van der Waals surface area contributed by atoms with Crippen LogP contribution in [0.25, 0.3) is 21.9 Å². The maximum Gasteiger partial charge on any atom is 0.416 e. The Morgan fingerprint density at radius 2 is 1.78 bits per heavy atom. The Morgan fingerprint density at radius 3 is 2.33 bits per heavy atom. The highest BCUT2D eigenvalue weighted by Crippen LogP contribution is 2.35. The van der Waals surface area contributed by atoms with Crippen molar-refractivity contribution < 1.29 is 22.6 Å². The van der Waals surface area contributed by atoms with Crippen LogP contribution in [0.1, 0.15) is 16.1 Å². The summed E-state index contributed by atoms with van der Waals surface area (Å²) >= 11 is 1.16. The Kier molecular flexibility index (Phi) is 5.06. The molecule has 0 saturated carbocycles. The molecule has 2 aromatic carbocycles. The molecule has 1 heterocycles. The lowest BCUT2D eigenvalue weighted by Crippen LogP contribution is -2.03. The van der Waals surface area contributed by atoms with E-state index >= 15 is 0 Å². The van der Waals surface area contributed by atoms with Gasteiger partial charge in [0, 0.05) is 6.07 Å². The zero-order valence-corrected chi connectivity index (χ0v) is 15.1. The fourth-order valence-corrected chi connectivity index (χ4v) is 3.35. The number of hydrogen-bond donors (Lipinski definition) is 0. The van der Waals surface area contributed by atoms with Crippen molar-refractivity contribution in [1.82, 2.24) is 4.98 Å². The van der Waals surface area contributed by atoms with Gasteiger partial charge in [0.2, 0.25) is 0 Å². The molecule has 1 aromatic heterocycles. The predicted octanol–water partition coefficient (Wildman–Crippen LogP) is 5.40. The molecule has 0 amide bonds. The number of fused-ring (bicyclic) bond motifs is 1. The maximum absolute atomic E-state index is 12.9. The van der Waals surface area contributed by atoms with Gasteiger partial charge in [0.15, 0.2) is 0 Å². The number of aromatic nitrogens is 1. The van der Waals surface area contributed by atoms with Gasteiger partial charge in [-0.25, -0.2) is 4.98 Å². The van der Waals surface area contributed by atoms with E-state index in [-0.39, 0.29) is 11.1 Å². The number of methoxy groups -OCH3 is 2. The van der Waals surface area contributed by atoms with Crippen LogP contribution < -0.4 is 9.47 Å². The molecule has 4 nitrogen and oxygen atoms in total. The number of nitrogens with zero attached hydrogens (tertiary/aromatic N) is 2. The molecule has 0 bridgehead atoms. The van der Waals surface area contributed by atoms with Gasteiger partial charge in [0.05, 0.1) is 35.6 Å². The van der Waals surface area contributed by atoms with Gasteiger partial charge in [-0.05, 0) is 42.0 Å². The van der Waals surface area contributed by atoms with E-state index in [1.807, 2.05) is 0 Å². The molecule has 8 heteroatoms. The van der Waals surface area contributed by atoms with E-state index < -0.39 is 11.7 Å². The van der Waals surface area contributed by atoms with Crippen molar-refractivity contribution in [3.63, 3.8) is 0 Å². The Morgan fingerprint density at radius 1 is 1.11 bits per heavy atom. The summed E-state index contributed by atoms with van der Waals surface area (Å²) in [4.78, 5) is 4.20. The van der Waals surface area contributed by atoms with E-state index in [2.05, 4.69) is 11.1 Å². The Labute approximate surface area is 157 Å². The van der Waals surface area contributed by atoms with E-state index in [9.17, 15) is 18.4 Å². The number of ether oxygens (including phenoxy) is 2. The third-order valence-electron chi connectivity index (χ3n) is 3.75. The molecular weight excluding hydrogens is 377 g/mol. The average molecular weight is 390 g/mol. The second-order valence-electron chi connectivity index (χ2n) is 5.52. The van der Waals surface area contributed by atoms with Crippen molar-refractivity contribution in [3.05, 3.63) is 52.5 Å². The van der Waals surface area contributed by atoms with Gasteiger partial charge in [-0.1, -0.05) is 0 Å². The van der Waals surface area contributed by atoms with Gasteiger partial charge in [0.25, 0.3) is 0 Å². The van der Waals surface area contributed by atoms with Gasteiger partial charge in [0.1, 0.15) is 22.6 Å². The van der Waals surface area contributed by atoms with E-state index in [0.717, 1.165) is 23.5 Å². The molecule has 0 spiro atoms. The lowest BCUT2D eigenvalue weighted by Gasteiger charge is -2.06. The molecule has 0 aliphatic carbocycles. The van der Waals surface area contributed by atoms with Gasteiger partial charge in [-0.3, -0.25) is 0 Å². The first-order valence-corrected chi connectivity index (χ1v) is 8.48. The molecule has 0 saturated heterocycles. The summed E-state index contributed by atoms with van der Waals surface area (Å²) in [6.45, 7) is 0. The van der Waals surface area contributed by atoms with Crippen LogP contribution in [0.5, 0.6) is 11.5 Å². The molecule has 0 radical (unpaired) electrons. The standard InChI is InChI=1S/C19H13F3N2O2S/c1-25-14-6-11(7-15(9-14)26-2)5-12(10-23)18-24-16-8-13(19(20,21)22)3-4-17(16)27-18/h3-9H,1-2H3. The summed E-state index contributed by atoms with van der Waals surface area (Å²) in [5, 5.41) is 9.85. The number of allylic oxidation sites excluding steroid dienone is 1. The van der Waals surface area contributed by atoms with Crippen LogP contribution in [-0.4, -0.2) is 19.2 Å². The number of hydrogen-bond acceptors (Lipinski definition) is 5. The Hall–Kier alpha value is -3.05. The van der Waals surface area contributed by atoms with Gasteiger partial charge in [-0.15, -0.1) is 11.3 Å². The van der Waals surface area contributed by atoms with Crippen LogP contribution in [0.15, 0.2) is 36.4 Å². The first-order valence-electron chi connectivity index (χ1n) is 7.67. The Bertz CT molecular complexity index is 1040. The van der Waals surface area contributed by atoms with Gasteiger partial charge in [-0.2, -0.15) is 18.4 Å². The smallest absolute Gasteiger partial charge is 0.416 e. The summed E-state index contributed by atoms with van der Waals surface area (Å²) in [7, 11) is 3.03. The first-order chi connectivity index (χ1) is 12.8. The number of benzene rings is 2. The van der Waals surface area contributed by atoms with Crippen molar-refractivity contribution in [3.8, 4) is 17.6 Å². The minimum atomic E-state index is -4.44. The molecule has 0 aliphatic rings. The molecule has 0 aliphatic heterocycles. The monoisotopic (exact) mass is 390 g/mol. The number of nitriles is 1. The quantitative estimate of drug-likeness (QED) is 0.560. The van der Waals surface area contributed by atoms with Gasteiger partial charge >= 0.3 is 6.18 Å². The molecule has 27 heavy (non-hydrogen) atoms. The van der Waals surface area contributed by atoms with Gasteiger partial charge < -0.3 is 9.47 Å². The van der Waals surface area contributed by atoms with Crippen LogP contribution in [-0.2, 0) is 6.18 Å².